The number of rotatable bonds is 4. The van der Waals surface area contributed by atoms with Crippen LogP contribution in [0.2, 0.25) is 0 Å². The average molecular weight is 285 g/mol. The van der Waals surface area contributed by atoms with E-state index in [9.17, 15) is 4.79 Å². The van der Waals surface area contributed by atoms with Crippen LogP contribution in [-0.2, 0) is 11.2 Å². The van der Waals surface area contributed by atoms with Gasteiger partial charge >= 0.3 is 0 Å². The second-order valence-electron chi connectivity index (χ2n) is 3.58. The minimum absolute atomic E-state index is 0.122. The van der Waals surface area contributed by atoms with Gasteiger partial charge in [-0.2, -0.15) is 0 Å². The zero-order valence-corrected chi connectivity index (χ0v) is 10.7. The second-order valence-corrected chi connectivity index (χ2v) is 4.38. The number of alkyl halides is 1. The van der Waals surface area contributed by atoms with Gasteiger partial charge in [0.05, 0.1) is 24.9 Å². The Morgan fingerprint density at radius 1 is 1.56 bits per heavy atom. The van der Waals surface area contributed by atoms with Crippen LogP contribution < -0.4 is 9.64 Å². The van der Waals surface area contributed by atoms with E-state index in [2.05, 4.69) is 20.9 Å². The number of hydrogen-bond donors (Lipinski definition) is 0. The van der Waals surface area contributed by atoms with Gasteiger partial charge in [0.15, 0.2) is 0 Å². The molecule has 1 aromatic heterocycles. The van der Waals surface area contributed by atoms with Crippen molar-refractivity contribution in [2.75, 3.05) is 23.9 Å². The highest BCUT2D eigenvalue weighted by atomic mass is 79.9. The van der Waals surface area contributed by atoms with Crippen molar-refractivity contribution in [1.29, 1.82) is 0 Å². The quantitative estimate of drug-likeness (QED) is 0.792. The number of amides is 1. The Bertz CT molecular complexity index is 409. The lowest BCUT2D eigenvalue weighted by Gasteiger charge is -2.16. The van der Waals surface area contributed by atoms with Gasteiger partial charge in [0.1, 0.15) is 0 Å². The molecule has 1 amide bonds. The molecule has 0 atom stereocenters. The molecule has 0 aliphatic carbocycles. The minimum Gasteiger partial charge on any atom is -0.481 e. The first-order chi connectivity index (χ1) is 7.76. The van der Waals surface area contributed by atoms with Crippen LogP contribution in [0.4, 0.5) is 5.69 Å². The number of anilines is 1. The van der Waals surface area contributed by atoms with Gasteiger partial charge < -0.3 is 9.64 Å². The van der Waals surface area contributed by atoms with E-state index < -0.39 is 0 Å². The van der Waals surface area contributed by atoms with E-state index in [0.717, 1.165) is 29.7 Å². The van der Waals surface area contributed by atoms with Crippen molar-refractivity contribution in [3.8, 4) is 5.88 Å². The molecule has 1 aromatic rings. The van der Waals surface area contributed by atoms with Gasteiger partial charge in [-0.15, -0.1) is 0 Å². The summed E-state index contributed by atoms with van der Waals surface area (Å²) in [6.07, 6.45) is 1.33. The smallest absolute Gasteiger partial charge is 0.233 e. The highest BCUT2D eigenvalue weighted by molar-refractivity contribution is 9.09. The van der Waals surface area contributed by atoms with Crippen molar-refractivity contribution in [3.63, 3.8) is 0 Å². The molecule has 0 bridgehead atoms. The lowest BCUT2D eigenvalue weighted by molar-refractivity contribution is -0.117. The molecule has 5 heteroatoms. The first-order valence-electron chi connectivity index (χ1n) is 5.16. The summed E-state index contributed by atoms with van der Waals surface area (Å²) in [7, 11) is 1.58. The maximum atomic E-state index is 11.8. The predicted molar refractivity (Wildman–Crippen MR) is 65.3 cm³/mol. The van der Waals surface area contributed by atoms with Gasteiger partial charge in [0, 0.05) is 17.9 Å². The van der Waals surface area contributed by atoms with Crippen LogP contribution in [0.25, 0.3) is 0 Å². The van der Waals surface area contributed by atoms with Crippen molar-refractivity contribution < 1.29 is 9.53 Å². The topological polar surface area (TPSA) is 42.4 Å². The van der Waals surface area contributed by atoms with Crippen molar-refractivity contribution in [1.82, 2.24) is 4.98 Å². The summed E-state index contributed by atoms with van der Waals surface area (Å²) in [5, 5.41) is 0.899. The summed E-state index contributed by atoms with van der Waals surface area (Å²) in [6, 6.07) is 3.69. The molecule has 0 fully saturated rings. The molecule has 86 valence electrons. The molecule has 16 heavy (non-hydrogen) atoms. The Labute approximate surface area is 103 Å². The Balaban J connectivity index is 2.24. The van der Waals surface area contributed by atoms with E-state index in [1.54, 1.807) is 18.1 Å². The second kappa shape index (κ2) is 4.82. The fourth-order valence-corrected chi connectivity index (χ4v) is 2.05. The minimum atomic E-state index is 0.122. The van der Waals surface area contributed by atoms with Gasteiger partial charge in [-0.05, 0) is 12.5 Å². The first kappa shape index (κ1) is 11.4. The Morgan fingerprint density at radius 2 is 2.38 bits per heavy atom. The molecule has 2 heterocycles. The summed E-state index contributed by atoms with van der Waals surface area (Å²) < 4.78 is 5.04. The fourth-order valence-electron chi connectivity index (χ4n) is 1.80. The Morgan fingerprint density at radius 3 is 3.06 bits per heavy atom. The monoisotopic (exact) mass is 284 g/mol. The third-order valence-electron chi connectivity index (χ3n) is 2.56. The van der Waals surface area contributed by atoms with Gasteiger partial charge in [-0.1, -0.05) is 15.9 Å². The molecular formula is C11H13BrN2O2. The molecule has 0 saturated heterocycles. The van der Waals surface area contributed by atoms with Crippen LogP contribution in [0.1, 0.15) is 12.1 Å². The zero-order valence-electron chi connectivity index (χ0n) is 9.07. The maximum Gasteiger partial charge on any atom is 0.233 e. The van der Waals surface area contributed by atoms with E-state index in [4.69, 9.17) is 4.74 Å². The number of aromatic nitrogens is 1. The molecule has 4 nitrogen and oxygen atoms in total. The fraction of sp³-hybridized carbons (Fsp3) is 0.455. The van der Waals surface area contributed by atoms with Gasteiger partial charge in [0.25, 0.3) is 0 Å². The molecule has 1 aliphatic heterocycles. The SMILES string of the molecule is COc1ccc2c(n1)CC(=O)N2CCCBr. The lowest BCUT2D eigenvalue weighted by Crippen LogP contribution is -2.27. The largest absolute Gasteiger partial charge is 0.481 e. The number of fused-ring (bicyclic) bond motifs is 1. The molecular weight excluding hydrogens is 272 g/mol. The van der Waals surface area contributed by atoms with Crippen molar-refractivity contribution in [3.05, 3.63) is 17.8 Å². The van der Waals surface area contributed by atoms with E-state index in [1.807, 2.05) is 6.07 Å². The number of halogens is 1. The van der Waals surface area contributed by atoms with Crippen molar-refractivity contribution >= 4 is 27.5 Å². The molecule has 0 saturated carbocycles. The normalized spacial score (nSPS) is 14.1. The molecule has 0 unspecified atom stereocenters. The number of hydrogen-bond acceptors (Lipinski definition) is 3. The van der Waals surface area contributed by atoms with Crippen LogP contribution >= 0.6 is 15.9 Å². The highest BCUT2D eigenvalue weighted by Crippen LogP contribution is 2.29. The molecule has 1 aliphatic rings. The Hall–Kier alpha value is -1.10. The summed E-state index contributed by atoms with van der Waals surface area (Å²) >= 11 is 3.37. The molecule has 0 radical (unpaired) electrons. The number of carbonyl (C=O) groups is 1. The predicted octanol–water partition coefficient (Wildman–Crippen LogP) is 1.76. The van der Waals surface area contributed by atoms with Crippen LogP contribution in [-0.4, -0.2) is 29.9 Å². The van der Waals surface area contributed by atoms with Crippen molar-refractivity contribution in [2.45, 2.75) is 12.8 Å². The van der Waals surface area contributed by atoms with Crippen molar-refractivity contribution in [2.24, 2.45) is 0 Å². The summed E-state index contributed by atoms with van der Waals surface area (Å²) in [5.74, 6) is 0.686. The summed E-state index contributed by atoms with van der Waals surface area (Å²) in [4.78, 5) is 17.8. The zero-order chi connectivity index (χ0) is 11.5. The number of nitrogens with zero attached hydrogens (tertiary/aromatic N) is 2. The third-order valence-corrected chi connectivity index (χ3v) is 3.12. The highest BCUT2D eigenvalue weighted by Gasteiger charge is 2.28. The van der Waals surface area contributed by atoms with Crippen LogP contribution in [0.5, 0.6) is 5.88 Å². The van der Waals surface area contributed by atoms with E-state index in [-0.39, 0.29) is 5.91 Å². The molecule has 2 rings (SSSR count). The standard InChI is InChI=1S/C11H13BrN2O2/c1-16-10-4-3-9-8(13-10)7-11(15)14(9)6-2-5-12/h3-4H,2,5-7H2,1H3. The summed E-state index contributed by atoms with van der Waals surface area (Å²) in [6.45, 7) is 0.741. The first-order valence-corrected chi connectivity index (χ1v) is 6.28. The lowest BCUT2D eigenvalue weighted by atomic mass is 10.3. The van der Waals surface area contributed by atoms with Crippen LogP contribution in [0, 0.1) is 0 Å². The van der Waals surface area contributed by atoms with E-state index in [0.29, 0.717) is 12.3 Å². The van der Waals surface area contributed by atoms with E-state index in [1.165, 1.54) is 0 Å². The van der Waals surface area contributed by atoms with Crippen LogP contribution in [0.15, 0.2) is 12.1 Å². The molecule has 0 spiro atoms. The number of methoxy groups -OCH3 is 1. The molecule has 0 N–H and O–H groups in total. The third kappa shape index (κ3) is 2.04. The van der Waals surface area contributed by atoms with Gasteiger partial charge in [0.2, 0.25) is 11.8 Å². The number of carbonyl (C=O) groups excluding carboxylic acids is 1. The number of ether oxygens (including phenoxy) is 1. The van der Waals surface area contributed by atoms with Gasteiger partial charge in [-0.3, -0.25) is 4.79 Å². The van der Waals surface area contributed by atoms with Crippen LogP contribution in [0.3, 0.4) is 0 Å². The average Bonchev–Trinajstić information content (AvgIpc) is 2.61. The Kier molecular flexibility index (Phi) is 3.43. The molecule has 0 aromatic carbocycles. The number of pyridine rings is 1. The van der Waals surface area contributed by atoms with Gasteiger partial charge in [-0.25, -0.2) is 4.98 Å². The summed E-state index contributed by atoms with van der Waals surface area (Å²) in [5.41, 5.74) is 1.74. The maximum absolute atomic E-state index is 11.8. The van der Waals surface area contributed by atoms with E-state index >= 15 is 0 Å².